The SMILES string of the molecule is C#CCC(C)(C(=O)OC)C1(C)C=CC(=O)C=C1. The first-order valence-corrected chi connectivity index (χ1v) is 5.34. The van der Waals surface area contributed by atoms with Crippen LogP contribution in [0.25, 0.3) is 0 Å². The molecule has 0 bridgehead atoms. The molecule has 3 nitrogen and oxygen atoms in total. The Morgan fingerprint density at radius 3 is 2.47 bits per heavy atom. The van der Waals surface area contributed by atoms with Crippen molar-refractivity contribution in [2.24, 2.45) is 10.8 Å². The highest BCUT2D eigenvalue weighted by Crippen LogP contribution is 2.46. The van der Waals surface area contributed by atoms with Gasteiger partial charge in [-0.15, -0.1) is 12.3 Å². The Balaban J connectivity index is 3.21. The highest BCUT2D eigenvalue weighted by molar-refractivity contribution is 6.00. The Bertz CT molecular complexity index is 421. The zero-order valence-corrected chi connectivity index (χ0v) is 10.3. The van der Waals surface area contributed by atoms with E-state index in [-0.39, 0.29) is 18.2 Å². The standard InChI is InChI=1S/C14H16O3/c1-5-8-14(3,12(16)17-4)13(2)9-6-11(15)7-10-13/h1,6-7,9-10H,8H2,2-4H3. The quantitative estimate of drug-likeness (QED) is 0.551. The van der Waals surface area contributed by atoms with Crippen molar-refractivity contribution >= 4 is 11.8 Å². The van der Waals surface area contributed by atoms with Crippen molar-refractivity contribution in [3.05, 3.63) is 24.3 Å². The molecular weight excluding hydrogens is 216 g/mol. The summed E-state index contributed by atoms with van der Waals surface area (Å²) in [5.74, 6) is 2.04. The van der Waals surface area contributed by atoms with Crippen LogP contribution in [0.3, 0.4) is 0 Å². The molecule has 1 aliphatic rings. The minimum atomic E-state index is -0.871. The highest BCUT2D eigenvalue weighted by atomic mass is 16.5. The lowest BCUT2D eigenvalue weighted by Crippen LogP contribution is -2.43. The Kier molecular flexibility index (Phi) is 3.57. The van der Waals surface area contributed by atoms with E-state index >= 15 is 0 Å². The van der Waals surface area contributed by atoms with E-state index in [0.717, 1.165) is 0 Å². The van der Waals surface area contributed by atoms with Gasteiger partial charge in [-0.25, -0.2) is 0 Å². The van der Waals surface area contributed by atoms with Crippen molar-refractivity contribution in [3.63, 3.8) is 0 Å². The first-order valence-electron chi connectivity index (χ1n) is 5.34. The smallest absolute Gasteiger partial charge is 0.313 e. The summed E-state index contributed by atoms with van der Waals surface area (Å²) < 4.78 is 4.83. The molecule has 0 fully saturated rings. The molecule has 0 aromatic rings. The van der Waals surface area contributed by atoms with Crippen LogP contribution in [-0.4, -0.2) is 18.9 Å². The maximum absolute atomic E-state index is 11.9. The Morgan fingerprint density at radius 1 is 1.53 bits per heavy atom. The van der Waals surface area contributed by atoms with E-state index in [9.17, 15) is 9.59 Å². The summed E-state index contributed by atoms with van der Waals surface area (Å²) in [4.78, 5) is 23.1. The number of rotatable bonds is 3. The van der Waals surface area contributed by atoms with Gasteiger partial charge in [0, 0.05) is 11.8 Å². The second-order valence-electron chi connectivity index (χ2n) is 4.56. The van der Waals surface area contributed by atoms with Crippen LogP contribution < -0.4 is 0 Å². The lowest BCUT2D eigenvalue weighted by atomic mass is 9.62. The number of terminal acetylenes is 1. The van der Waals surface area contributed by atoms with Crippen LogP contribution in [0.2, 0.25) is 0 Å². The molecular formula is C14H16O3. The maximum Gasteiger partial charge on any atom is 0.313 e. The van der Waals surface area contributed by atoms with Crippen LogP contribution in [0.1, 0.15) is 20.3 Å². The van der Waals surface area contributed by atoms with E-state index in [2.05, 4.69) is 5.92 Å². The predicted molar refractivity (Wildman–Crippen MR) is 65.0 cm³/mol. The van der Waals surface area contributed by atoms with E-state index in [1.54, 1.807) is 19.1 Å². The summed E-state index contributed by atoms with van der Waals surface area (Å²) in [6.45, 7) is 3.61. The third-order valence-corrected chi connectivity index (χ3v) is 3.47. The Labute approximate surface area is 102 Å². The van der Waals surface area contributed by atoms with Gasteiger partial charge in [0.1, 0.15) is 0 Å². The molecule has 90 valence electrons. The number of hydrogen-bond donors (Lipinski definition) is 0. The van der Waals surface area contributed by atoms with Crippen molar-refractivity contribution < 1.29 is 14.3 Å². The van der Waals surface area contributed by atoms with Crippen molar-refractivity contribution in [2.75, 3.05) is 7.11 Å². The summed E-state index contributed by atoms with van der Waals surface area (Å²) in [5.41, 5.74) is -1.48. The summed E-state index contributed by atoms with van der Waals surface area (Å²) >= 11 is 0. The molecule has 0 saturated carbocycles. The minimum Gasteiger partial charge on any atom is -0.469 e. The molecule has 1 aliphatic carbocycles. The van der Waals surface area contributed by atoms with Crippen LogP contribution in [0.15, 0.2) is 24.3 Å². The summed E-state index contributed by atoms with van der Waals surface area (Å²) in [5, 5.41) is 0. The number of methoxy groups -OCH3 is 1. The first kappa shape index (κ1) is 13.2. The van der Waals surface area contributed by atoms with Gasteiger partial charge in [-0.05, 0) is 19.1 Å². The highest BCUT2D eigenvalue weighted by Gasteiger charge is 2.48. The predicted octanol–water partition coefficient (Wildman–Crippen LogP) is 1.89. The first-order chi connectivity index (χ1) is 7.89. The summed E-state index contributed by atoms with van der Waals surface area (Å²) in [6.07, 6.45) is 11.9. The zero-order valence-electron chi connectivity index (χ0n) is 10.3. The number of allylic oxidation sites excluding steroid dienone is 4. The fourth-order valence-electron chi connectivity index (χ4n) is 1.90. The normalized spacial score (nSPS) is 20.5. The van der Waals surface area contributed by atoms with E-state index < -0.39 is 10.8 Å². The van der Waals surface area contributed by atoms with E-state index in [1.807, 2.05) is 6.92 Å². The molecule has 0 aliphatic heterocycles. The molecule has 1 atom stereocenters. The number of hydrogen-bond acceptors (Lipinski definition) is 3. The van der Waals surface area contributed by atoms with Gasteiger partial charge in [-0.1, -0.05) is 19.1 Å². The average molecular weight is 232 g/mol. The second-order valence-corrected chi connectivity index (χ2v) is 4.56. The van der Waals surface area contributed by atoms with Crippen molar-refractivity contribution in [3.8, 4) is 12.3 Å². The molecule has 1 unspecified atom stereocenters. The molecule has 0 heterocycles. The molecule has 0 N–H and O–H groups in total. The Hall–Kier alpha value is -1.82. The molecule has 3 heteroatoms. The van der Waals surface area contributed by atoms with Gasteiger partial charge in [0.25, 0.3) is 0 Å². The van der Waals surface area contributed by atoms with Gasteiger partial charge < -0.3 is 4.74 Å². The molecule has 17 heavy (non-hydrogen) atoms. The number of ether oxygens (including phenoxy) is 1. The van der Waals surface area contributed by atoms with Gasteiger partial charge >= 0.3 is 5.97 Å². The van der Waals surface area contributed by atoms with Crippen LogP contribution in [-0.2, 0) is 14.3 Å². The zero-order chi connectivity index (χ0) is 13.1. The lowest BCUT2D eigenvalue weighted by Gasteiger charge is -2.40. The number of carbonyl (C=O) groups excluding carboxylic acids is 2. The van der Waals surface area contributed by atoms with Gasteiger partial charge in [0.05, 0.1) is 12.5 Å². The van der Waals surface area contributed by atoms with Crippen LogP contribution in [0.5, 0.6) is 0 Å². The van der Waals surface area contributed by atoms with Crippen LogP contribution in [0.4, 0.5) is 0 Å². The van der Waals surface area contributed by atoms with Crippen molar-refractivity contribution in [1.29, 1.82) is 0 Å². The Morgan fingerprint density at radius 2 is 2.06 bits per heavy atom. The number of carbonyl (C=O) groups is 2. The fourth-order valence-corrected chi connectivity index (χ4v) is 1.90. The molecule has 0 aromatic carbocycles. The van der Waals surface area contributed by atoms with Gasteiger partial charge in [0.2, 0.25) is 0 Å². The number of esters is 1. The van der Waals surface area contributed by atoms with Gasteiger partial charge in [0.15, 0.2) is 5.78 Å². The largest absolute Gasteiger partial charge is 0.469 e. The van der Waals surface area contributed by atoms with Crippen LogP contribution >= 0.6 is 0 Å². The minimum absolute atomic E-state index is 0.0876. The molecule has 0 spiro atoms. The third kappa shape index (κ3) is 2.16. The average Bonchev–Trinajstić information content (AvgIpc) is 2.32. The van der Waals surface area contributed by atoms with E-state index in [4.69, 9.17) is 11.2 Å². The lowest BCUT2D eigenvalue weighted by molar-refractivity contribution is -0.156. The number of ketones is 1. The van der Waals surface area contributed by atoms with Crippen molar-refractivity contribution in [2.45, 2.75) is 20.3 Å². The van der Waals surface area contributed by atoms with Gasteiger partial charge in [-0.2, -0.15) is 0 Å². The van der Waals surface area contributed by atoms with Gasteiger partial charge in [-0.3, -0.25) is 9.59 Å². The molecule has 0 amide bonds. The molecule has 0 saturated heterocycles. The fraction of sp³-hybridized carbons (Fsp3) is 0.429. The van der Waals surface area contributed by atoms with E-state index in [1.165, 1.54) is 19.3 Å². The molecule has 0 aromatic heterocycles. The molecule has 0 radical (unpaired) electrons. The van der Waals surface area contributed by atoms with Crippen LogP contribution in [0, 0.1) is 23.2 Å². The van der Waals surface area contributed by atoms with E-state index in [0.29, 0.717) is 0 Å². The monoisotopic (exact) mass is 232 g/mol. The molecule has 1 rings (SSSR count). The maximum atomic E-state index is 11.9. The summed E-state index contributed by atoms with van der Waals surface area (Å²) in [6, 6.07) is 0. The topological polar surface area (TPSA) is 43.4 Å². The van der Waals surface area contributed by atoms with Crippen molar-refractivity contribution in [1.82, 2.24) is 0 Å². The summed E-state index contributed by atoms with van der Waals surface area (Å²) in [7, 11) is 1.34. The third-order valence-electron chi connectivity index (χ3n) is 3.47. The second kappa shape index (κ2) is 4.58.